The van der Waals surface area contributed by atoms with E-state index in [9.17, 15) is 0 Å². The van der Waals surface area contributed by atoms with Crippen molar-refractivity contribution in [3.05, 3.63) is 41.5 Å². The van der Waals surface area contributed by atoms with Crippen LogP contribution in [0.5, 0.6) is 0 Å². The van der Waals surface area contributed by atoms with Gasteiger partial charge in [-0.15, -0.1) is 0 Å². The lowest BCUT2D eigenvalue weighted by atomic mass is 10.2. The van der Waals surface area contributed by atoms with Crippen LogP contribution >= 0.6 is 0 Å². The molecule has 2 aromatic heterocycles. The molecule has 0 fully saturated rings. The fourth-order valence-corrected chi connectivity index (χ4v) is 2.29. The van der Waals surface area contributed by atoms with Crippen molar-refractivity contribution >= 4 is 0 Å². The van der Waals surface area contributed by atoms with Crippen molar-refractivity contribution < 1.29 is 0 Å². The Morgan fingerprint density at radius 3 is 2.89 bits per heavy atom. The lowest BCUT2D eigenvalue weighted by Crippen LogP contribution is -2.17. The standard InChI is InChI=1S/C14H22N4/c1-5-18-13(9-11(2)16-18)10-17-8-6-7-14(17)12(3)15-4/h6-9,12,15H,5,10H2,1-4H3. The third-order valence-electron chi connectivity index (χ3n) is 3.36. The Bertz CT molecular complexity index is 510. The van der Waals surface area contributed by atoms with Crippen LogP contribution in [0.15, 0.2) is 24.4 Å². The van der Waals surface area contributed by atoms with Gasteiger partial charge in [0.2, 0.25) is 0 Å². The molecule has 2 aromatic rings. The van der Waals surface area contributed by atoms with E-state index in [0.29, 0.717) is 6.04 Å². The molecule has 1 atom stereocenters. The summed E-state index contributed by atoms with van der Waals surface area (Å²) < 4.78 is 4.35. The average Bonchev–Trinajstić information content (AvgIpc) is 2.95. The van der Waals surface area contributed by atoms with Crippen LogP contribution in [0.2, 0.25) is 0 Å². The molecule has 4 heteroatoms. The number of hydrogen-bond donors (Lipinski definition) is 1. The molecule has 98 valence electrons. The molecule has 0 saturated carbocycles. The third kappa shape index (κ3) is 2.48. The van der Waals surface area contributed by atoms with Crippen molar-refractivity contribution in [2.75, 3.05) is 7.05 Å². The van der Waals surface area contributed by atoms with Gasteiger partial charge in [-0.25, -0.2) is 0 Å². The second kappa shape index (κ2) is 5.40. The van der Waals surface area contributed by atoms with Crippen LogP contribution < -0.4 is 5.32 Å². The van der Waals surface area contributed by atoms with Crippen LogP contribution in [-0.2, 0) is 13.1 Å². The minimum absolute atomic E-state index is 0.360. The first-order valence-electron chi connectivity index (χ1n) is 6.51. The molecule has 0 aromatic carbocycles. The summed E-state index contributed by atoms with van der Waals surface area (Å²) in [4.78, 5) is 0. The Morgan fingerprint density at radius 1 is 1.44 bits per heavy atom. The minimum Gasteiger partial charge on any atom is -0.344 e. The molecule has 0 saturated heterocycles. The second-order valence-electron chi connectivity index (χ2n) is 4.66. The number of nitrogens with one attached hydrogen (secondary N) is 1. The van der Waals surface area contributed by atoms with E-state index in [1.54, 1.807) is 0 Å². The summed E-state index contributed by atoms with van der Waals surface area (Å²) in [5, 5.41) is 7.78. The lowest BCUT2D eigenvalue weighted by molar-refractivity contribution is 0.558. The minimum atomic E-state index is 0.360. The van der Waals surface area contributed by atoms with Crippen LogP contribution in [0.4, 0.5) is 0 Å². The molecule has 0 aliphatic heterocycles. The fourth-order valence-electron chi connectivity index (χ4n) is 2.29. The largest absolute Gasteiger partial charge is 0.344 e. The molecule has 18 heavy (non-hydrogen) atoms. The number of rotatable bonds is 5. The summed E-state index contributed by atoms with van der Waals surface area (Å²) in [5.74, 6) is 0. The van der Waals surface area contributed by atoms with Gasteiger partial charge in [0.25, 0.3) is 0 Å². The molecule has 4 nitrogen and oxygen atoms in total. The quantitative estimate of drug-likeness (QED) is 0.879. The van der Waals surface area contributed by atoms with E-state index in [1.807, 2.05) is 14.0 Å². The van der Waals surface area contributed by atoms with Gasteiger partial charge in [0, 0.05) is 24.5 Å². The molecule has 0 spiro atoms. The molecule has 0 bridgehead atoms. The summed E-state index contributed by atoms with van der Waals surface area (Å²) >= 11 is 0. The molecule has 0 aliphatic carbocycles. The Kier molecular flexibility index (Phi) is 3.87. The molecular formula is C14H22N4. The van der Waals surface area contributed by atoms with Crippen LogP contribution in [-0.4, -0.2) is 21.4 Å². The Morgan fingerprint density at radius 2 is 2.22 bits per heavy atom. The van der Waals surface area contributed by atoms with Crippen LogP contribution in [0, 0.1) is 6.92 Å². The highest BCUT2D eigenvalue weighted by molar-refractivity contribution is 5.16. The van der Waals surface area contributed by atoms with Crippen LogP contribution in [0.1, 0.15) is 37.0 Å². The molecule has 2 rings (SSSR count). The van der Waals surface area contributed by atoms with Gasteiger partial charge in [-0.1, -0.05) is 0 Å². The van der Waals surface area contributed by atoms with Crippen molar-refractivity contribution in [2.24, 2.45) is 0 Å². The van der Waals surface area contributed by atoms with Crippen LogP contribution in [0.3, 0.4) is 0 Å². The van der Waals surface area contributed by atoms with Gasteiger partial charge < -0.3 is 9.88 Å². The molecule has 1 unspecified atom stereocenters. The number of nitrogens with zero attached hydrogens (tertiary/aromatic N) is 3. The zero-order valence-corrected chi connectivity index (χ0v) is 11.6. The fraction of sp³-hybridized carbons (Fsp3) is 0.500. The zero-order valence-electron chi connectivity index (χ0n) is 11.6. The lowest BCUT2D eigenvalue weighted by Gasteiger charge is -2.15. The van der Waals surface area contributed by atoms with Gasteiger partial charge in [0.1, 0.15) is 0 Å². The monoisotopic (exact) mass is 246 g/mol. The van der Waals surface area contributed by atoms with Crippen molar-refractivity contribution in [2.45, 2.75) is 39.9 Å². The molecule has 2 heterocycles. The van der Waals surface area contributed by atoms with Gasteiger partial charge in [-0.05, 0) is 46.0 Å². The first-order chi connectivity index (χ1) is 8.65. The zero-order chi connectivity index (χ0) is 13.1. The van der Waals surface area contributed by atoms with Gasteiger partial charge in [0.05, 0.1) is 17.9 Å². The highest BCUT2D eigenvalue weighted by atomic mass is 15.3. The second-order valence-corrected chi connectivity index (χ2v) is 4.66. The van der Waals surface area contributed by atoms with E-state index in [2.05, 4.69) is 57.9 Å². The van der Waals surface area contributed by atoms with E-state index >= 15 is 0 Å². The van der Waals surface area contributed by atoms with Gasteiger partial charge in [-0.2, -0.15) is 5.10 Å². The summed E-state index contributed by atoms with van der Waals surface area (Å²) in [5.41, 5.74) is 3.65. The number of aryl methyl sites for hydroxylation is 2. The first kappa shape index (κ1) is 12.9. The molecule has 0 aliphatic rings. The number of aromatic nitrogens is 3. The average molecular weight is 246 g/mol. The molecule has 0 radical (unpaired) electrons. The van der Waals surface area contributed by atoms with E-state index in [0.717, 1.165) is 18.8 Å². The summed E-state index contributed by atoms with van der Waals surface area (Å²) in [6, 6.07) is 6.79. The van der Waals surface area contributed by atoms with Crippen molar-refractivity contribution in [3.63, 3.8) is 0 Å². The highest BCUT2D eigenvalue weighted by Gasteiger charge is 2.10. The van der Waals surface area contributed by atoms with Crippen molar-refractivity contribution in [1.29, 1.82) is 0 Å². The van der Waals surface area contributed by atoms with E-state index in [-0.39, 0.29) is 0 Å². The molecular weight excluding hydrogens is 224 g/mol. The van der Waals surface area contributed by atoms with E-state index in [4.69, 9.17) is 0 Å². The molecule has 1 N–H and O–H groups in total. The summed E-state index contributed by atoms with van der Waals surface area (Å²) in [6.07, 6.45) is 2.13. The number of hydrogen-bond acceptors (Lipinski definition) is 2. The smallest absolute Gasteiger partial charge is 0.0642 e. The Labute approximate surface area is 109 Å². The topological polar surface area (TPSA) is 34.8 Å². The maximum atomic E-state index is 4.49. The summed E-state index contributed by atoms with van der Waals surface area (Å²) in [7, 11) is 1.99. The third-order valence-corrected chi connectivity index (χ3v) is 3.36. The van der Waals surface area contributed by atoms with E-state index < -0.39 is 0 Å². The maximum Gasteiger partial charge on any atom is 0.0642 e. The van der Waals surface area contributed by atoms with Gasteiger partial charge >= 0.3 is 0 Å². The highest BCUT2D eigenvalue weighted by Crippen LogP contribution is 2.15. The SMILES string of the molecule is CCn1nc(C)cc1Cn1cccc1C(C)NC. The van der Waals surface area contributed by atoms with Crippen molar-refractivity contribution in [1.82, 2.24) is 19.7 Å². The Hall–Kier alpha value is -1.55. The van der Waals surface area contributed by atoms with Crippen LogP contribution in [0.25, 0.3) is 0 Å². The van der Waals surface area contributed by atoms with Gasteiger partial charge in [-0.3, -0.25) is 4.68 Å². The maximum absolute atomic E-state index is 4.49. The predicted molar refractivity (Wildman–Crippen MR) is 73.6 cm³/mol. The van der Waals surface area contributed by atoms with Crippen molar-refractivity contribution in [3.8, 4) is 0 Å². The summed E-state index contributed by atoms with van der Waals surface area (Å²) in [6.45, 7) is 8.14. The van der Waals surface area contributed by atoms with Gasteiger partial charge in [0.15, 0.2) is 0 Å². The Balaban J connectivity index is 2.26. The van der Waals surface area contributed by atoms with E-state index in [1.165, 1.54) is 11.4 Å². The first-order valence-corrected chi connectivity index (χ1v) is 6.51. The predicted octanol–water partition coefficient (Wildman–Crippen LogP) is 2.34. The molecule has 0 amide bonds. The normalized spacial score (nSPS) is 12.9.